The molecule has 0 N–H and O–H groups in total. The van der Waals surface area contributed by atoms with Gasteiger partial charge in [-0.3, -0.25) is 0 Å². The monoisotopic (exact) mass is 851 g/mol. The molecule has 0 radical (unpaired) electrons. The zero-order valence-corrected chi connectivity index (χ0v) is 40.1. The number of nitrogens with zero attached hydrogens (tertiary/aromatic N) is 3. The van der Waals surface area contributed by atoms with E-state index in [1.54, 1.807) is 0 Å². The summed E-state index contributed by atoms with van der Waals surface area (Å²) >= 11 is 2.00. The number of fused-ring (bicyclic) bond motifs is 9. The lowest BCUT2D eigenvalue weighted by Gasteiger charge is -2.45. The number of rotatable bonds is 3. The highest BCUT2D eigenvalue weighted by atomic mass is 32.1. The fourth-order valence-corrected chi connectivity index (χ4v) is 12.2. The van der Waals surface area contributed by atoms with Crippen molar-refractivity contribution in [2.75, 3.05) is 14.7 Å². The second kappa shape index (κ2) is 14.0. The summed E-state index contributed by atoms with van der Waals surface area (Å²) in [7, 11) is 0. The summed E-state index contributed by atoms with van der Waals surface area (Å²) in [4.78, 5) is 7.69. The SMILES string of the molecule is CC(C)(C)c1ccc(N2c3ccc(C(C)(C)C)cc3B3c4sc5ccc6c(c5c4N(c4ccc(C(C)(C)C)cc4)c4cccc2c43)C(C)(C)c2ccccc2N6c2ccccc2)cc1. The number of benzene rings is 7. The van der Waals surface area contributed by atoms with E-state index in [0.717, 1.165) is 0 Å². The van der Waals surface area contributed by atoms with Gasteiger partial charge < -0.3 is 14.7 Å². The standard InChI is InChI=1S/C59H58BN3S/c1-56(2,3)37-24-29-41(30-25-37)62-46-33-28-39(58(7,8)9)36-44(46)60-53-48(62)22-17-23-49(53)63(42-31-26-38(27-32-42)57(4,5)6)54-51-50(64-55(54)60)35-34-47-52(51)59(10,11)43-20-15-16-21-45(43)61(47)40-18-13-12-14-19-40/h12-36H,1-11H3. The maximum atomic E-state index is 2.64. The van der Waals surface area contributed by atoms with Crippen molar-refractivity contribution >= 4 is 95.0 Å². The lowest BCUT2D eigenvalue weighted by Crippen LogP contribution is -2.60. The fourth-order valence-electron chi connectivity index (χ4n) is 10.9. The normalized spacial score (nSPS) is 15.1. The van der Waals surface area contributed by atoms with E-state index in [0.29, 0.717) is 0 Å². The Hall–Kier alpha value is -6.04. The molecule has 7 aromatic carbocycles. The molecule has 3 aliphatic rings. The zero-order chi connectivity index (χ0) is 44.7. The molecule has 8 aromatic rings. The predicted octanol–water partition coefficient (Wildman–Crippen LogP) is 15.0. The molecule has 0 atom stereocenters. The van der Waals surface area contributed by atoms with Gasteiger partial charge in [-0.25, -0.2) is 0 Å². The largest absolute Gasteiger partial charge is 0.311 e. The van der Waals surface area contributed by atoms with E-state index in [-0.39, 0.29) is 28.4 Å². The Balaban J connectivity index is 1.25. The lowest BCUT2D eigenvalue weighted by atomic mass is 9.36. The highest BCUT2D eigenvalue weighted by Gasteiger charge is 2.48. The van der Waals surface area contributed by atoms with Crippen molar-refractivity contribution in [3.63, 3.8) is 0 Å². The maximum absolute atomic E-state index is 2.64. The summed E-state index contributed by atoms with van der Waals surface area (Å²) in [5.74, 6) is 0. The van der Waals surface area contributed by atoms with Gasteiger partial charge in [0.2, 0.25) is 0 Å². The van der Waals surface area contributed by atoms with E-state index in [4.69, 9.17) is 0 Å². The van der Waals surface area contributed by atoms with Crippen LogP contribution in [0.2, 0.25) is 0 Å². The molecule has 0 aliphatic carbocycles. The van der Waals surface area contributed by atoms with Gasteiger partial charge in [0.15, 0.2) is 0 Å². The first kappa shape index (κ1) is 40.7. The zero-order valence-electron chi connectivity index (χ0n) is 39.3. The van der Waals surface area contributed by atoms with Crippen LogP contribution in [0.15, 0.2) is 152 Å². The van der Waals surface area contributed by atoms with Crippen LogP contribution >= 0.6 is 11.3 Å². The fraction of sp³-hybridized carbons (Fsp3) is 0.254. The van der Waals surface area contributed by atoms with E-state index < -0.39 is 0 Å². The maximum Gasteiger partial charge on any atom is 0.264 e. The quantitative estimate of drug-likeness (QED) is 0.164. The Morgan fingerprint density at radius 2 is 0.953 bits per heavy atom. The highest BCUT2D eigenvalue weighted by molar-refractivity contribution is 7.33. The van der Waals surface area contributed by atoms with Crippen LogP contribution in [0.1, 0.15) is 104 Å². The molecule has 3 aliphatic heterocycles. The van der Waals surface area contributed by atoms with Gasteiger partial charge in [0.25, 0.3) is 6.71 Å². The summed E-state index contributed by atoms with van der Waals surface area (Å²) in [5, 5.41) is 1.35. The van der Waals surface area contributed by atoms with Crippen LogP contribution in [0.25, 0.3) is 10.1 Å². The smallest absolute Gasteiger partial charge is 0.264 e. The van der Waals surface area contributed by atoms with Crippen molar-refractivity contribution in [2.45, 2.75) is 97.8 Å². The van der Waals surface area contributed by atoms with Crippen LogP contribution in [0.4, 0.5) is 51.2 Å². The van der Waals surface area contributed by atoms with Gasteiger partial charge >= 0.3 is 0 Å². The Morgan fingerprint density at radius 1 is 0.453 bits per heavy atom. The summed E-state index contributed by atoms with van der Waals surface area (Å²) in [6.07, 6.45) is 0. The molecule has 11 rings (SSSR count). The molecule has 0 amide bonds. The highest BCUT2D eigenvalue weighted by Crippen LogP contribution is 2.58. The molecular weight excluding hydrogens is 794 g/mol. The van der Waals surface area contributed by atoms with Crippen molar-refractivity contribution in [3.8, 4) is 0 Å². The minimum Gasteiger partial charge on any atom is -0.311 e. The summed E-state index contributed by atoms with van der Waals surface area (Å²) in [5.41, 5.74) is 20.3. The van der Waals surface area contributed by atoms with Gasteiger partial charge in [-0.2, -0.15) is 0 Å². The number of hydrogen-bond acceptors (Lipinski definition) is 4. The Labute approximate surface area is 385 Å². The molecule has 3 nitrogen and oxygen atoms in total. The number of hydrogen-bond donors (Lipinski definition) is 0. The first-order chi connectivity index (χ1) is 30.4. The first-order valence-electron chi connectivity index (χ1n) is 23.1. The minimum absolute atomic E-state index is 0.0239. The van der Waals surface area contributed by atoms with Gasteiger partial charge in [0.05, 0.1) is 17.1 Å². The van der Waals surface area contributed by atoms with Crippen LogP contribution in [0.3, 0.4) is 0 Å². The second-order valence-corrected chi connectivity index (χ2v) is 23.0. The summed E-state index contributed by atoms with van der Waals surface area (Å²) < 4.78 is 2.72. The van der Waals surface area contributed by atoms with Crippen molar-refractivity contribution < 1.29 is 0 Å². The van der Waals surface area contributed by atoms with E-state index in [1.807, 2.05) is 11.3 Å². The molecule has 1 aromatic heterocycles. The molecule has 318 valence electrons. The topological polar surface area (TPSA) is 9.72 Å². The van der Waals surface area contributed by atoms with E-state index in [9.17, 15) is 0 Å². The van der Waals surface area contributed by atoms with Gasteiger partial charge in [0, 0.05) is 54.4 Å². The van der Waals surface area contributed by atoms with E-state index in [1.165, 1.54) is 105 Å². The van der Waals surface area contributed by atoms with Crippen molar-refractivity contribution in [2.24, 2.45) is 0 Å². The second-order valence-electron chi connectivity index (χ2n) is 21.9. The molecule has 0 unspecified atom stereocenters. The number of anilines is 9. The number of para-hydroxylation sites is 2. The van der Waals surface area contributed by atoms with Crippen LogP contribution < -0.4 is 30.4 Å². The molecule has 64 heavy (non-hydrogen) atoms. The average molecular weight is 852 g/mol. The lowest BCUT2D eigenvalue weighted by molar-refractivity contribution is 0.590. The van der Waals surface area contributed by atoms with Gasteiger partial charge in [-0.1, -0.05) is 155 Å². The predicted molar refractivity (Wildman–Crippen MR) is 279 cm³/mol. The molecular formula is C59H58BN3S. The van der Waals surface area contributed by atoms with Gasteiger partial charge in [-0.05, 0) is 128 Å². The molecule has 0 saturated carbocycles. The van der Waals surface area contributed by atoms with Crippen LogP contribution in [0, 0.1) is 0 Å². The number of thiophene rings is 1. The Bertz CT molecular complexity index is 3140. The van der Waals surface area contributed by atoms with Crippen molar-refractivity contribution in [1.82, 2.24) is 0 Å². The van der Waals surface area contributed by atoms with E-state index >= 15 is 0 Å². The molecule has 4 heterocycles. The molecule has 0 fully saturated rings. The Morgan fingerprint density at radius 3 is 1.58 bits per heavy atom. The summed E-state index contributed by atoms with van der Waals surface area (Å²) in [6, 6.07) is 58.0. The third-order valence-electron chi connectivity index (χ3n) is 14.3. The average Bonchev–Trinajstić information content (AvgIpc) is 3.65. The third kappa shape index (κ3) is 6.07. The van der Waals surface area contributed by atoms with Gasteiger partial charge in [0.1, 0.15) is 0 Å². The third-order valence-corrected chi connectivity index (χ3v) is 15.5. The van der Waals surface area contributed by atoms with E-state index in [2.05, 4.69) is 243 Å². The minimum atomic E-state index is -0.296. The van der Waals surface area contributed by atoms with Crippen LogP contribution in [-0.4, -0.2) is 6.71 Å². The van der Waals surface area contributed by atoms with Crippen molar-refractivity contribution in [3.05, 3.63) is 179 Å². The Kier molecular flexibility index (Phi) is 8.90. The van der Waals surface area contributed by atoms with Crippen LogP contribution in [-0.2, 0) is 21.7 Å². The summed E-state index contributed by atoms with van der Waals surface area (Å²) in [6.45, 7) is 25.8. The van der Waals surface area contributed by atoms with Crippen LogP contribution in [0.5, 0.6) is 0 Å². The van der Waals surface area contributed by atoms with Gasteiger partial charge in [-0.15, -0.1) is 11.3 Å². The first-order valence-corrected chi connectivity index (χ1v) is 23.9. The molecule has 5 heteroatoms. The molecule has 0 spiro atoms. The molecule has 0 saturated heterocycles. The molecule has 0 bridgehead atoms. The van der Waals surface area contributed by atoms with Crippen molar-refractivity contribution in [1.29, 1.82) is 0 Å².